The number of nitrogens with one attached hydrogen (secondary N) is 2. The van der Waals surface area contributed by atoms with Gasteiger partial charge < -0.3 is 19.8 Å². The third-order valence-electron chi connectivity index (χ3n) is 4.02. The fourth-order valence-electron chi connectivity index (χ4n) is 2.79. The number of nitrogens with zero attached hydrogens (tertiary/aromatic N) is 1. The Labute approximate surface area is 146 Å². The molecule has 1 atom stereocenters. The van der Waals surface area contributed by atoms with Crippen LogP contribution in [0.15, 0.2) is 48.5 Å². The number of benzene rings is 2. The van der Waals surface area contributed by atoms with Gasteiger partial charge in [0.05, 0.1) is 11.0 Å². The maximum atomic E-state index is 5.80. The van der Waals surface area contributed by atoms with Crippen molar-refractivity contribution in [3.05, 3.63) is 48.5 Å². The number of para-hydroxylation sites is 2. The van der Waals surface area contributed by atoms with Crippen molar-refractivity contribution in [2.24, 2.45) is 0 Å². The summed E-state index contributed by atoms with van der Waals surface area (Å²) in [4.78, 5) is 7.55. The summed E-state index contributed by atoms with van der Waals surface area (Å²) < 4.78 is 11.6. The average molecular weight is 346 g/mol. The number of hydrogen-bond donors (Lipinski definition) is 2. The highest BCUT2D eigenvalue weighted by atomic mass is 35.5. The van der Waals surface area contributed by atoms with Gasteiger partial charge in [-0.25, -0.2) is 0 Å². The Morgan fingerprint density at radius 2 is 1.83 bits per heavy atom. The van der Waals surface area contributed by atoms with Gasteiger partial charge in [-0.05, 0) is 55.8 Å². The molecule has 2 aromatic carbocycles. The van der Waals surface area contributed by atoms with E-state index in [0.717, 1.165) is 29.1 Å². The van der Waals surface area contributed by atoms with E-state index >= 15 is 0 Å². The fraction of sp³-hybridized carbons (Fsp3) is 0.278. The van der Waals surface area contributed by atoms with Gasteiger partial charge in [-0.2, -0.15) is 4.98 Å². The second kappa shape index (κ2) is 7.55. The molecule has 6 heteroatoms. The van der Waals surface area contributed by atoms with Crippen LogP contribution in [-0.4, -0.2) is 29.2 Å². The van der Waals surface area contributed by atoms with Gasteiger partial charge in [0.2, 0.25) is 0 Å². The predicted octanol–water partition coefficient (Wildman–Crippen LogP) is 3.91. The second-order valence-electron chi connectivity index (χ2n) is 5.74. The Balaban J connectivity index is 0.00000169. The van der Waals surface area contributed by atoms with E-state index in [9.17, 15) is 0 Å². The summed E-state index contributed by atoms with van der Waals surface area (Å²) >= 11 is 0. The molecule has 4 rings (SSSR count). The van der Waals surface area contributed by atoms with Gasteiger partial charge in [0, 0.05) is 6.04 Å². The van der Waals surface area contributed by atoms with Crippen molar-refractivity contribution in [2.45, 2.75) is 18.9 Å². The first-order valence-electron chi connectivity index (χ1n) is 7.96. The number of fused-ring (bicyclic) bond motifs is 1. The quantitative estimate of drug-likeness (QED) is 0.736. The van der Waals surface area contributed by atoms with Crippen LogP contribution < -0.4 is 14.8 Å². The smallest absolute Gasteiger partial charge is 0.300 e. The molecule has 0 saturated carbocycles. The zero-order valence-electron chi connectivity index (χ0n) is 13.2. The molecule has 1 saturated heterocycles. The molecule has 2 heterocycles. The molecule has 1 aromatic heterocycles. The Morgan fingerprint density at radius 1 is 1.04 bits per heavy atom. The minimum absolute atomic E-state index is 0. The maximum absolute atomic E-state index is 5.80. The molecule has 126 valence electrons. The molecule has 3 aromatic rings. The number of halogens is 1. The number of hydrogen-bond acceptors (Lipinski definition) is 4. The number of aromatic amines is 1. The average Bonchev–Trinajstić information content (AvgIpc) is 3.23. The van der Waals surface area contributed by atoms with Crippen LogP contribution in [0.2, 0.25) is 0 Å². The minimum atomic E-state index is 0. The lowest BCUT2D eigenvalue weighted by Crippen LogP contribution is -2.28. The van der Waals surface area contributed by atoms with E-state index in [0.29, 0.717) is 18.7 Å². The highest BCUT2D eigenvalue weighted by molar-refractivity contribution is 5.85. The third kappa shape index (κ3) is 3.80. The molecule has 5 nitrogen and oxygen atoms in total. The summed E-state index contributed by atoms with van der Waals surface area (Å²) in [6, 6.07) is 16.5. The van der Waals surface area contributed by atoms with Crippen LogP contribution in [0.4, 0.5) is 0 Å². The number of aromatic nitrogens is 2. The molecule has 0 aliphatic carbocycles. The first kappa shape index (κ1) is 16.6. The molecule has 1 aliphatic heterocycles. The Kier molecular flexibility index (Phi) is 5.23. The topological polar surface area (TPSA) is 59.2 Å². The summed E-state index contributed by atoms with van der Waals surface area (Å²) in [6.45, 7) is 1.81. The SMILES string of the molecule is Cl.c1ccc2[nH]c(Oc3ccc(OCC4CCCN4)cc3)nc2c1. The zero-order chi connectivity index (χ0) is 15.5. The number of rotatable bonds is 5. The molecule has 2 N–H and O–H groups in total. The van der Waals surface area contributed by atoms with Crippen LogP contribution in [0.25, 0.3) is 11.0 Å². The molecule has 0 bridgehead atoms. The minimum Gasteiger partial charge on any atom is -0.492 e. The Hall–Kier alpha value is -2.24. The van der Waals surface area contributed by atoms with E-state index in [1.165, 1.54) is 12.8 Å². The summed E-state index contributed by atoms with van der Waals surface area (Å²) in [5.74, 6) is 1.59. The van der Waals surface area contributed by atoms with Gasteiger partial charge in [0.1, 0.15) is 18.1 Å². The van der Waals surface area contributed by atoms with E-state index in [4.69, 9.17) is 9.47 Å². The Morgan fingerprint density at radius 3 is 2.58 bits per heavy atom. The summed E-state index contributed by atoms with van der Waals surface area (Å²) in [5.41, 5.74) is 1.86. The van der Waals surface area contributed by atoms with Crippen molar-refractivity contribution >= 4 is 23.4 Å². The van der Waals surface area contributed by atoms with Crippen LogP contribution in [0, 0.1) is 0 Å². The zero-order valence-corrected chi connectivity index (χ0v) is 14.0. The summed E-state index contributed by atoms with van der Waals surface area (Å²) in [6.07, 6.45) is 2.42. The predicted molar refractivity (Wildman–Crippen MR) is 96.4 cm³/mol. The van der Waals surface area contributed by atoms with Gasteiger partial charge in [0.15, 0.2) is 0 Å². The summed E-state index contributed by atoms with van der Waals surface area (Å²) in [5, 5.41) is 3.42. The summed E-state index contributed by atoms with van der Waals surface area (Å²) in [7, 11) is 0. The molecule has 0 amide bonds. The third-order valence-corrected chi connectivity index (χ3v) is 4.02. The van der Waals surface area contributed by atoms with E-state index in [1.807, 2.05) is 48.5 Å². The van der Waals surface area contributed by atoms with E-state index in [1.54, 1.807) is 0 Å². The standard InChI is InChI=1S/C18H19N3O2.ClH/c1-2-6-17-16(5-1)20-18(21-17)23-15-9-7-14(8-10-15)22-12-13-4-3-11-19-13;/h1-2,5-10,13,19H,3-4,11-12H2,(H,20,21);1H. The monoisotopic (exact) mass is 345 g/mol. The van der Waals surface area contributed by atoms with Gasteiger partial charge in [-0.15, -0.1) is 12.4 Å². The van der Waals surface area contributed by atoms with Gasteiger partial charge >= 0.3 is 0 Å². The van der Waals surface area contributed by atoms with Crippen molar-refractivity contribution < 1.29 is 9.47 Å². The molecule has 0 spiro atoms. The van der Waals surface area contributed by atoms with E-state index in [-0.39, 0.29) is 12.4 Å². The van der Waals surface area contributed by atoms with E-state index in [2.05, 4.69) is 15.3 Å². The van der Waals surface area contributed by atoms with Crippen LogP contribution in [0.1, 0.15) is 12.8 Å². The van der Waals surface area contributed by atoms with Crippen molar-refractivity contribution in [2.75, 3.05) is 13.2 Å². The highest BCUT2D eigenvalue weighted by Crippen LogP contribution is 2.24. The highest BCUT2D eigenvalue weighted by Gasteiger charge is 2.14. The van der Waals surface area contributed by atoms with Crippen molar-refractivity contribution in [3.8, 4) is 17.5 Å². The lowest BCUT2D eigenvalue weighted by Gasteiger charge is -2.12. The first-order chi connectivity index (χ1) is 11.4. The molecular formula is C18H20ClN3O2. The van der Waals surface area contributed by atoms with Crippen LogP contribution in [-0.2, 0) is 0 Å². The van der Waals surface area contributed by atoms with E-state index < -0.39 is 0 Å². The largest absolute Gasteiger partial charge is 0.492 e. The lowest BCUT2D eigenvalue weighted by molar-refractivity contribution is 0.277. The van der Waals surface area contributed by atoms with Gasteiger partial charge in [0.25, 0.3) is 6.01 Å². The maximum Gasteiger partial charge on any atom is 0.300 e. The first-order valence-corrected chi connectivity index (χ1v) is 7.96. The molecule has 24 heavy (non-hydrogen) atoms. The van der Waals surface area contributed by atoms with Crippen LogP contribution in [0.3, 0.4) is 0 Å². The molecule has 0 radical (unpaired) electrons. The van der Waals surface area contributed by atoms with Gasteiger partial charge in [-0.3, -0.25) is 0 Å². The fourth-order valence-corrected chi connectivity index (χ4v) is 2.79. The molecule has 1 unspecified atom stereocenters. The molecular weight excluding hydrogens is 326 g/mol. The second-order valence-corrected chi connectivity index (χ2v) is 5.74. The Bertz CT molecular complexity index is 749. The van der Waals surface area contributed by atoms with Crippen molar-refractivity contribution in [1.82, 2.24) is 15.3 Å². The number of ether oxygens (including phenoxy) is 2. The van der Waals surface area contributed by atoms with Crippen molar-refractivity contribution in [1.29, 1.82) is 0 Å². The van der Waals surface area contributed by atoms with Crippen LogP contribution in [0.5, 0.6) is 17.5 Å². The van der Waals surface area contributed by atoms with Crippen LogP contribution >= 0.6 is 12.4 Å². The number of H-pyrrole nitrogens is 1. The normalized spacial score (nSPS) is 16.8. The number of imidazole rings is 1. The van der Waals surface area contributed by atoms with Crippen molar-refractivity contribution in [3.63, 3.8) is 0 Å². The lowest BCUT2D eigenvalue weighted by atomic mass is 10.2. The molecule has 1 fully saturated rings. The molecule has 1 aliphatic rings. The van der Waals surface area contributed by atoms with Gasteiger partial charge in [-0.1, -0.05) is 12.1 Å².